The van der Waals surface area contributed by atoms with Crippen LogP contribution in [0.25, 0.3) is 0 Å². The van der Waals surface area contributed by atoms with Crippen molar-refractivity contribution in [3.63, 3.8) is 0 Å². The van der Waals surface area contributed by atoms with E-state index in [1.54, 1.807) is 0 Å². The van der Waals surface area contributed by atoms with Crippen LogP contribution in [-0.2, 0) is 4.79 Å². The summed E-state index contributed by atoms with van der Waals surface area (Å²) in [6.45, 7) is 5.09. The Kier molecular flexibility index (Phi) is 9.55. The molecule has 0 saturated heterocycles. The standard InChI is InChI=1S/C27H42O3/c1-3-5-6-7-21-8-10-22(11-9-21)23-12-14-24(15-13-23)27(28)30-26-18-16-25(17-19-26)29-20-4-2/h16-19,21-24H,3-15,20H2,1-2H3. The van der Waals surface area contributed by atoms with Crippen molar-refractivity contribution in [3.05, 3.63) is 24.3 Å². The first-order chi connectivity index (χ1) is 14.7. The minimum atomic E-state index is -0.0460. The van der Waals surface area contributed by atoms with Gasteiger partial charge in [0.15, 0.2) is 0 Å². The molecule has 2 aliphatic rings. The van der Waals surface area contributed by atoms with E-state index in [1.165, 1.54) is 64.2 Å². The number of esters is 1. The van der Waals surface area contributed by atoms with Crippen LogP contribution in [0.2, 0.25) is 0 Å². The van der Waals surface area contributed by atoms with Crippen LogP contribution < -0.4 is 9.47 Å². The van der Waals surface area contributed by atoms with Crippen LogP contribution in [0, 0.1) is 23.7 Å². The summed E-state index contributed by atoms with van der Waals surface area (Å²) in [5.41, 5.74) is 0. The number of hydrogen-bond acceptors (Lipinski definition) is 3. The molecule has 0 N–H and O–H groups in total. The highest BCUT2D eigenvalue weighted by atomic mass is 16.5. The first kappa shape index (κ1) is 23.2. The largest absolute Gasteiger partial charge is 0.494 e. The molecular weight excluding hydrogens is 372 g/mol. The van der Waals surface area contributed by atoms with Gasteiger partial charge in [0.05, 0.1) is 12.5 Å². The topological polar surface area (TPSA) is 35.5 Å². The van der Waals surface area contributed by atoms with Crippen LogP contribution in [0.4, 0.5) is 0 Å². The van der Waals surface area contributed by atoms with Crippen LogP contribution in [0.15, 0.2) is 24.3 Å². The zero-order chi connectivity index (χ0) is 21.2. The van der Waals surface area contributed by atoms with Gasteiger partial charge in [-0.3, -0.25) is 4.79 Å². The molecule has 168 valence electrons. The Morgan fingerprint density at radius 2 is 1.40 bits per heavy atom. The van der Waals surface area contributed by atoms with Gasteiger partial charge in [-0.1, -0.05) is 52.4 Å². The summed E-state index contributed by atoms with van der Waals surface area (Å²) in [7, 11) is 0. The van der Waals surface area contributed by atoms with Gasteiger partial charge < -0.3 is 9.47 Å². The summed E-state index contributed by atoms with van der Waals surface area (Å²) in [4.78, 5) is 12.6. The van der Waals surface area contributed by atoms with Crippen molar-refractivity contribution >= 4 is 5.97 Å². The van der Waals surface area contributed by atoms with Gasteiger partial charge in [0.1, 0.15) is 11.5 Å². The highest BCUT2D eigenvalue weighted by molar-refractivity contribution is 5.75. The maximum atomic E-state index is 12.6. The summed E-state index contributed by atoms with van der Waals surface area (Å²) in [6.07, 6.45) is 16.7. The number of carbonyl (C=O) groups is 1. The Balaban J connectivity index is 1.36. The molecule has 0 heterocycles. The predicted octanol–water partition coefficient (Wildman–Crippen LogP) is 7.57. The second kappa shape index (κ2) is 12.4. The van der Waals surface area contributed by atoms with E-state index in [4.69, 9.17) is 9.47 Å². The minimum Gasteiger partial charge on any atom is -0.494 e. The van der Waals surface area contributed by atoms with Crippen molar-refractivity contribution < 1.29 is 14.3 Å². The Hall–Kier alpha value is -1.51. The molecule has 0 aliphatic heterocycles. The molecule has 0 bridgehead atoms. The Morgan fingerprint density at radius 3 is 2.00 bits per heavy atom. The van der Waals surface area contributed by atoms with Crippen LogP contribution in [0.3, 0.4) is 0 Å². The van der Waals surface area contributed by atoms with Crippen molar-refractivity contribution in [2.24, 2.45) is 23.7 Å². The van der Waals surface area contributed by atoms with Crippen LogP contribution in [-0.4, -0.2) is 12.6 Å². The molecule has 0 spiro atoms. The number of benzene rings is 1. The summed E-state index contributed by atoms with van der Waals surface area (Å²) >= 11 is 0. The van der Waals surface area contributed by atoms with Crippen LogP contribution in [0.1, 0.15) is 97.3 Å². The third-order valence-corrected chi connectivity index (χ3v) is 7.39. The predicted molar refractivity (Wildman–Crippen MR) is 123 cm³/mol. The third-order valence-electron chi connectivity index (χ3n) is 7.39. The van der Waals surface area contributed by atoms with Gasteiger partial charge in [-0.2, -0.15) is 0 Å². The molecule has 3 rings (SSSR count). The summed E-state index contributed by atoms with van der Waals surface area (Å²) in [6, 6.07) is 7.45. The third kappa shape index (κ3) is 7.03. The van der Waals surface area contributed by atoms with E-state index >= 15 is 0 Å². The first-order valence-electron chi connectivity index (χ1n) is 12.6. The van der Waals surface area contributed by atoms with E-state index in [9.17, 15) is 4.79 Å². The molecule has 0 amide bonds. The molecule has 1 aromatic carbocycles. The van der Waals surface area contributed by atoms with Gasteiger partial charge in [-0.25, -0.2) is 0 Å². The van der Waals surface area contributed by atoms with E-state index in [2.05, 4.69) is 13.8 Å². The second-order valence-electron chi connectivity index (χ2n) is 9.63. The van der Waals surface area contributed by atoms with Gasteiger partial charge in [-0.15, -0.1) is 0 Å². The van der Waals surface area contributed by atoms with E-state index < -0.39 is 0 Å². The molecule has 1 aromatic rings. The van der Waals surface area contributed by atoms with E-state index in [1.807, 2.05) is 24.3 Å². The lowest BCUT2D eigenvalue weighted by Gasteiger charge is -2.37. The van der Waals surface area contributed by atoms with Gasteiger partial charge >= 0.3 is 5.97 Å². The number of ether oxygens (including phenoxy) is 2. The molecule has 30 heavy (non-hydrogen) atoms. The molecule has 2 saturated carbocycles. The summed E-state index contributed by atoms with van der Waals surface area (Å²) < 4.78 is 11.3. The monoisotopic (exact) mass is 414 g/mol. The molecule has 3 heteroatoms. The molecule has 2 fully saturated rings. The van der Waals surface area contributed by atoms with Gasteiger partial charge in [0, 0.05) is 0 Å². The molecule has 3 nitrogen and oxygen atoms in total. The number of carbonyl (C=O) groups excluding carboxylic acids is 1. The lowest BCUT2D eigenvalue weighted by atomic mass is 9.68. The van der Waals surface area contributed by atoms with E-state index in [0.717, 1.165) is 42.8 Å². The maximum Gasteiger partial charge on any atom is 0.314 e. The molecule has 0 atom stereocenters. The highest BCUT2D eigenvalue weighted by Gasteiger charge is 2.33. The molecule has 0 radical (unpaired) electrons. The summed E-state index contributed by atoms with van der Waals surface area (Å²) in [5, 5.41) is 0. The lowest BCUT2D eigenvalue weighted by Crippen LogP contribution is -2.30. The SMILES string of the molecule is CCCCCC1CCC(C2CCC(C(=O)Oc3ccc(OCCC)cc3)CC2)CC1. The normalized spacial score (nSPS) is 26.9. The van der Waals surface area contributed by atoms with Crippen molar-refractivity contribution in [1.82, 2.24) is 0 Å². The molecular formula is C27H42O3. The van der Waals surface area contributed by atoms with Crippen molar-refractivity contribution in [3.8, 4) is 11.5 Å². The fraction of sp³-hybridized carbons (Fsp3) is 0.741. The van der Waals surface area contributed by atoms with E-state index in [-0.39, 0.29) is 11.9 Å². The quantitative estimate of drug-likeness (QED) is 0.225. The Bertz CT molecular complexity index is 608. The Labute approximate surface area is 183 Å². The zero-order valence-corrected chi connectivity index (χ0v) is 19.2. The fourth-order valence-electron chi connectivity index (χ4n) is 5.48. The number of unbranched alkanes of at least 4 members (excludes halogenated alkanes) is 2. The average Bonchev–Trinajstić information content (AvgIpc) is 2.79. The maximum absolute atomic E-state index is 12.6. The molecule has 0 aromatic heterocycles. The van der Waals surface area contributed by atoms with Gasteiger partial charge in [-0.05, 0) is 87.0 Å². The molecule has 0 unspecified atom stereocenters. The zero-order valence-electron chi connectivity index (χ0n) is 19.2. The van der Waals surface area contributed by atoms with Gasteiger partial charge in [0.25, 0.3) is 0 Å². The van der Waals surface area contributed by atoms with Crippen molar-refractivity contribution in [2.75, 3.05) is 6.61 Å². The Morgan fingerprint density at radius 1 is 0.800 bits per heavy atom. The molecule has 2 aliphatic carbocycles. The average molecular weight is 415 g/mol. The number of hydrogen-bond donors (Lipinski definition) is 0. The second-order valence-corrected chi connectivity index (χ2v) is 9.63. The van der Waals surface area contributed by atoms with Crippen LogP contribution >= 0.6 is 0 Å². The van der Waals surface area contributed by atoms with Crippen molar-refractivity contribution in [2.45, 2.75) is 97.3 Å². The fourth-order valence-corrected chi connectivity index (χ4v) is 5.48. The first-order valence-corrected chi connectivity index (χ1v) is 12.6. The lowest BCUT2D eigenvalue weighted by molar-refractivity contribution is -0.140. The van der Waals surface area contributed by atoms with Crippen LogP contribution in [0.5, 0.6) is 11.5 Å². The van der Waals surface area contributed by atoms with E-state index in [0.29, 0.717) is 12.4 Å². The highest BCUT2D eigenvalue weighted by Crippen LogP contribution is 2.42. The van der Waals surface area contributed by atoms with Gasteiger partial charge in [0.2, 0.25) is 0 Å². The van der Waals surface area contributed by atoms with Crippen molar-refractivity contribution in [1.29, 1.82) is 0 Å². The minimum absolute atomic E-state index is 0.0460. The summed E-state index contributed by atoms with van der Waals surface area (Å²) in [5.74, 6) is 4.21. The number of rotatable bonds is 10. The smallest absolute Gasteiger partial charge is 0.314 e.